The van der Waals surface area contributed by atoms with Gasteiger partial charge in [0.25, 0.3) is 6.43 Å². The third-order valence-electron chi connectivity index (χ3n) is 2.06. The Morgan fingerprint density at radius 2 is 2.06 bits per heavy atom. The highest BCUT2D eigenvalue weighted by molar-refractivity contribution is 5.35. The Bertz CT molecular complexity index is 343. The Morgan fingerprint density at radius 3 is 2.56 bits per heavy atom. The maximum Gasteiger partial charge on any atom is 0.272 e. The lowest BCUT2D eigenvalue weighted by Gasteiger charge is -2.13. The summed E-state index contributed by atoms with van der Waals surface area (Å²) in [5, 5.41) is 0. The smallest absolute Gasteiger partial charge is 0.272 e. The maximum absolute atomic E-state index is 12.0. The molecule has 1 aromatic rings. The average Bonchev–Trinajstić information content (AvgIpc) is 2.25. The zero-order chi connectivity index (χ0) is 12.1. The molecule has 0 aliphatic heterocycles. The van der Waals surface area contributed by atoms with Crippen LogP contribution in [-0.4, -0.2) is 25.1 Å². The van der Waals surface area contributed by atoms with Gasteiger partial charge in [-0.25, -0.2) is 13.8 Å². The fourth-order valence-electron chi connectivity index (χ4n) is 1.24. The average molecular weight is 231 g/mol. The summed E-state index contributed by atoms with van der Waals surface area (Å²) in [5.41, 5.74) is 0.764. The summed E-state index contributed by atoms with van der Waals surface area (Å²) in [7, 11) is 1.53. The lowest BCUT2D eigenvalue weighted by molar-refractivity contribution is 0.0788. The monoisotopic (exact) mass is 231 g/mol. The SMILES string of the molecule is COc1cnc(OCC(F)F)c(C(C)C)c1. The van der Waals surface area contributed by atoms with Gasteiger partial charge in [-0.15, -0.1) is 0 Å². The van der Waals surface area contributed by atoms with E-state index < -0.39 is 13.0 Å². The minimum Gasteiger partial charge on any atom is -0.495 e. The van der Waals surface area contributed by atoms with Crippen LogP contribution >= 0.6 is 0 Å². The summed E-state index contributed by atoms with van der Waals surface area (Å²) in [6, 6.07) is 1.75. The predicted molar refractivity (Wildman–Crippen MR) is 56.4 cm³/mol. The van der Waals surface area contributed by atoms with Crippen LogP contribution in [0.15, 0.2) is 12.3 Å². The first-order valence-electron chi connectivity index (χ1n) is 4.99. The second-order valence-electron chi connectivity index (χ2n) is 3.63. The summed E-state index contributed by atoms with van der Waals surface area (Å²) in [6.07, 6.45) is -1.05. The summed E-state index contributed by atoms with van der Waals surface area (Å²) >= 11 is 0. The second-order valence-corrected chi connectivity index (χ2v) is 3.63. The fourth-order valence-corrected chi connectivity index (χ4v) is 1.24. The van der Waals surface area contributed by atoms with Crippen molar-refractivity contribution in [3.05, 3.63) is 17.8 Å². The van der Waals surface area contributed by atoms with E-state index in [1.165, 1.54) is 13.3 Å². The number of ether oxygens (including phenoxy) is 2. The van der Waals surface area contributed by atoms with Gasteiger partial charge in [0.2, 0.25) is 5.88 Å². The number of halogens is 2. The van der Waals surface area contributed by atoms with E-state index in [9.17, 15) is 8.78 Å². The van der Waals surface area contributed by atoms with Crippen LogP contribution in [0, 0.1) is 0 Å². The molecule has 0 N–H and O–H groups in total. The second kappa shape index (κ2) is 5.63. The van der Waals surface area contributed by atoms with Crippen LogP contribution in [0.5, 0.6) is 11.6 Å². The lowest BCUT2D eigenvalue weighted by Crippen LogP contribution is -2.10. The van der Waals surface area contributed by atoms with Crippen molar-refractivity contribution in [3.63, 3.8) is 0 Å². The molecular formula is C11H15F2NO2. The number of hydrogen-bond acceptors (Lipinski definition) is 3. The molecule has 0 fully saturated rings. The van der Waals surface area contributed by atoms with E-state index in [0.717, 1.165) is 5.56 Å². The van der Waals surface area contributed by atoms with Gasteiger partial charge in [-0.1, -0.05) is 13.8 Å². The lowest BCUT2D eigenvalue weighted by atomic mass is 10.1. The molecule has 0 radical (unpaired) electrons. The third-order valence-corrected chi connectivity index (χ3v) is 2.06. The number of hydrogen-bond donors (Lipinski definition) is 0. The molecule has 1 rings (SSSR count). The van der Waals surface area contributed by atoms with Crippen LogP contribution in [0.4, 0.5) is 8.78 Å². The molecule has 3 nitrogen and oxygen atoms in total. The van der Waals surface area contributed by atoms with Crippen molar-refractivity contribution in [2.45, 2.75) is 26.2 Å². The van der Waals surface area contributed by atoms with E-state index in [4.69, 9.17) is 9.47 Å². The van der Waals surface area contributed by atoms with Gasteiger partial charge in [-0.05, 0) is 12.0 Å². The van der Waals surface area contributed by atoms with Crippen molar-refractivity contribution in [3.8, 4) is 11.6 Å². The number of alkyl halides is 2. The summed E-state index contributed by atoms with van der Waals surface area (Å²) in [5.74, 6) is 0.972. The first-order chi connectivity index (χ1) is 7.54. The molecule has 1 heterocycles. The molecule has 0 spiro atoms. The highest BCUT2D eigenvalue weighted by Gasteiger charge is 2.13. The van der Waals surface area contributed by atoms with Gasteiger partial charge in [0, 0.05) is 5.56 Å². The van der Waals surface area contributed by atoms with Gasteiger partial charge in [-0.2, -0.15) is 0 Å². The van der Waals surface area contributed by atoms with Crippen LogP contribution in [0.3, 0.4) is 0 Å². The molecule has 0 aliphatic carbocycles. The van der Waals surface area contributed by atoms with Crippen LogP contribution < -0.4 is 9.47 Å². The van der Waals surface area contributed by atoms with Crippen molar-refractivity contribution < 1.29 is 18.3 Å². The maximum atomic E-state index is 12.0. The quantitative estimate of drug-likeness (QED) is 0.780. The Hall–Kier alpha value is -1.39. The number of pyridine rings is 1. The zero-order valence-corrected chi connectivity index (χ0v) is 9.54. The molecule has 0 saturated heterocycles. The van der Waals surface area contributed by atoms with Crippen LogP contribution in [0.25, 0.3) is 0 Å². The summed E-state index contributed by atoms with van der Waals surface area (Å²) < 4.78 is 34.0. The van der Waals surface area contributed by atoms with Gasteiger partial charge in [0.05, 0.1) is 13.3 Å². The van der Waals surface area contributed by atoms with E-state index in [1.807, 2.05) is 13.8 Å². The first kappa shape index (κ1) is 12.7. The molecule has 0 bridgehead atoms. The van der Waals surface area contributed by atoms with Crippen LogP contribution in [0.2, 0.25) is 0 Å². The van der Waals surface area contributed by atoms with E-state index in [0.29, 0.717) is 5.75 Å². The van der Waals surface area contributed by atoms with E-state index in [1.54, 1.807) is 6.07 Å². The standard InChI is InChI=1S/C11H15F2NO2/c1-7(2)9-4-8(15-3)5-14-11(9)16-6-10(12)13/h4-5,7,10H,6H2,1-3H3. The first-order valence-corrected chi connectivity index (χ1v) is 4.99. The molecule has 90 valence electrons. The molecule has 0 atom stereocenters. The Kier molecular flexibility index (Phi) is 4.46. The third kappa shape index (κ3) is 3.32. The number of nitrogens with zero attached hydrogens (tertiary/aromatic N) is 1. The summed E-state index contributed by atoms with van der Waals surface area (Å²) in [6.45, 7) is 3.23. The number of methoxy groups -OCH3 is 1. The van der Waals surface area contributed by atoms with Gasteiger partial charge >= 0.3 is 0 Å². The molecule has 0 unspecified atom stereocenters. The number of aromatic nitrogens is 1. The van der Waals surface area contributed by atoms with Gasteiger partial charge in [-0.3, -0.25) is 0 Å². The molecular weight excluding hydrogens is 216 g/mol. The van der Waals surface area contributed by atoms with Crippen LogP contribution in [-0.2, 0) is 0 Å². The van der Waals surface area contributed by atoms with Gasteiger partial charge < -0.3 is 9.47 Å². The molecule has 1 aromatic heterocycles. The van der Waals surface area contributed by atoms with E-state index in [2.05, 4.69) is 4.98 Å². The van der Waals surface area contributed by atoms with Gasteiger partial charge in [0.15, 0.2) is 6.61 Å². The molecule has 0 saturated carbocycles. The largest absolute Gasteiger partial charge is 0.495 e. The van der Waals surface area contributed by atoms with Crippen LogP contribution in [0.1, 0.15) is 25.3 Å². The Labute approximate surface area is 93.4 Å². The molecule has 0 aliphatic rings. The Balaban J connectivity index is 2.89. The topological polar surface area (TPSA) is 31.4 Å². The number of rotatable bonds is 5. The fraction of sp³-hybridized carbons (Fsp3) is 0.545. The van der Waals surface area contributed by atoms with Gasteiger partial charge in [0.1, 0.15) is 5.75 Å². The molecule has 0 aromatic carbocycles. The highest BCUT2D eigenvalue weighted by Crippen LogP contribution is 2.27. The van der Waals surface area contributed by atoms with Crippen molar-refractivity contribution in [1.29, 1.82) is 0 Å². The summed E-state index contributed by atoms with van der Waals surface area (Å²) in [4.78, 5) is 3.96. The van der Waals surface area contributed by atoms with Crippen molar-refractivity contribution in [2.75, 3.05) is 13.7 Å². The predicted octanol–water partition coefficient (Wildman–Crippen LogP) is 2.86. The van der Waals surface area contributed by atoms with Crippen molar-refractivity contribution >= 4 is 0 Å². The molecule has 16 heavy (non-hydrogen) atoms. The van der Waals surface area contributed by atoms with E-state index in [-0.39, 0.29) is 11.8 Å². The molecule has 0 amide bonds. The molecule has 5 heteroatoms. The van der Waals surface area contributed by atoms with Crippen molar-refractivity contribution in [1.82, 2.24) is 4.98 Å². The van der Waals surface area contributed by atoms with E-state index >= 15 is 0 Å². The normalized spacial score (nSPS) is 10.9. The van der Waals surface area contributed by atoms with Crippen molar-refractivity contribution in [2.24, 2.45) is 0 Å². The zero-order valence-electron chi connectivity index (χ0n) is 9.54. The minimum atomic E-state index is -2.50. The highest BCUT2D eigenvalue weighted by atomic mass is 19.3. The Morgan fingerprint density at radius 1 is 1.38 bits per heavy atom. The minimum absolute atomic E-state index is 0.135.